The van der Waals surface area contributed by atoms with Crippen molar-refractivity contribution < 1.29 is 4.42 Å². The van der Waals surface area contributed by atoms with E-state index in [2.05, 4.69) is 350 Å². The van der Waals surface area contributed by atoms with Crippen molar-refractivity contribution in [2.75, 3.05) is 9.80 Å². The number of hydrogen-bond acceptors (Lipinski definition) is 4. The second kappa shape index (κ2) is 21.6. The van der Waals surface area contributed by atoms with Crippen molar-refractivity contribution in [3.05, 3.63) is 340 Å². The van der Waals surface area contributed by atoms with Crippen molar-refractivity contribution in [1.29, 1.82) is 0 Å². The molecule has 3 nitrogen and oxygen atoms in total. The smallest absolute Gasteiger partial charge is 0.136 e. The van der Waals surface area contributed by atoms with Crippen LogP contribution < -0.4 is 9.80 Å². The van der Waals surface area contributed by atoms with E-state index >= 15 is 0 Å². The summed E-state index contributed by atoms with van der Waals surface area (Å²) in [5.74, 6) is 0. The molecule has 0 aliphatic rings. The molecule has 0 aliphatic heterocycles. The zero-order chi connectivity index (χ0) is 63.0. The van der Waals surface area contributed by atoms with Crippen molar-refractivity contribution in [1.82, 2.24) is 0 Å². The molecule has 18 aromatic carbocycles. The van der Waals surface area contributed by atoms with Gasteiger partial charge in [0.15, 0.2) is 0 Å². The molecule has 4 heteroatoms. The Balaban J connectivity index is 0.673. The molecule has 0 unspecified atom stereocenters. The molecule has 20 aromatic rings. The molecule has 2 heterocycles. The number of anilines is 6. The minimum atomic E-state index is 0.846. The summed E-state index contributed by atoms with van der Waals surface area (Å²) in [6.45, 7) is 0. The van der Waals surface area contributed by atoms with Crippen molar-refractivity contribution in [2.24, 2.45) is 0 Å². The number of hydrogen-bond donors (Lipinski definition) is 0. The van der Waals surface area contributed by atoms with E-state index in [-0.39, 0.29) is 0 Å². The van der Waals surface area contributed by atoms with Gasteiger partial charge in [-0.1, -0.05) is 237 Å². The molecular weight excluding hydrogens is 1180 g/mol. The summed E-state index contributed by atoms with van der Waals surface area (Å²) in [5.41, 5.74) is 15.1. The Morgan fingerprint density at radius 2 is 0.583 bits per heavy atom. The van der Waals surface area contributed by atoms with Crippen LogP contribution in [0.2, 0.25) is 0 Å². The number of furan rings is 1. The summed E-state index contributed by atoms with van der Waals surface area (Å²) < 4.78 is 9.42. The SMILES string of the molecule is c1cc(-c2ccc3ccc(-c4ccc5c(c4)oc4ccc(N(c6cccc(-c7ccc8ccccc8c7)c6)c6cccc7c6ccc6c8ccccc8ccc76)cc45)cc3c2)cc(N(c2ccc3c(c2)sc2ccccc23)c2cccc3c2ccc2c4ccccc4ccc32)c1. The van der Waals surface area contributed by atoms with Gasteiger partial charge < -0.3 is 14.2 Å². The highest BCUT2D eigenvalue weighted by atomic mass is 32.1. The monoisotopic (exact) mass is 1240 g/mol. The summed E-state index contributed by atoms with van der Waals surface area (Å²) in [5, 5.41) is 24.4. The van der Waals surface area contributed by atoms with Gasteiger partial charge in [-0.25, -0.2) is 0 Å². The van der Waals surface area contributed by atoms with E-state index in [1.807, 2.05) is 11.3 Å². The Hall–Kier alpha value is -12.3. The molecule has 446 valence electrons. The first-order valence-corrected chi connectivity index (χ1v) is 33.7. The summed E-state index contributed by atoms with van der Waals surface area (Å²) in [6.07, 6.45) is 0. The summed E-state index contributed by atoms with van der Waals surface area (Å²) >= 11 is 1.86. The zero-order valence-electron chi connectivity index (χ0n) is 52.0. The minimum absolute atomic E-state index is 0.846. The lowest BCUT2D eigenvalue weighted by Gasteiger charge is -2.28. The van der Waals surface area contributed by atoms with E-state index in [0.29, 0.717) is 0 Å². The second-order valence-corrected chi connectivity index (χ2v) is 26.6. The normalized spacial score (nSPS) is 12.0. The van der Waals surface area contributed by atoms with Crippen LogP contribution in [-0.4, -0.2) is 0 Å². The van der Waals surface area contributed by atoms with E-state index in [1.165, 1.54) is 112 Å². The number of rotatable bonds is 9. The fourth-order valence-electron chi connectivity index (χ4n) is 15.5. The second-order valence-electron chi connectivity index (χ2n) is 25.5. The van der Waals surface area contributed by atoms with Crippen LogP contribution in [0.1, 0.15) is 0 Å². The van der Waals surface area contributed by atoms with Gasteiger partial charge in [-0.15, -0.1) is 11.3 Å². The van der Waals surface area contributed by atoms with Crippen LogP contribution in [0.3, 0.4) is 0 Å². The van der Waals surface area contributed by atoms with Crippen molar-refractivity contribution in [3.8, 4) is 33.4 Å². The van der Waals surface area contributed by atoms with Crippen molar-refractivity contribution >= 4 is 174 Å². The highest BCUT2D eigenvalue weighted by Gasteiger charge is 2.23. The third-order valence-corrected chi connectivity index (χ3v) is 21.3. The van der Waals surface area contributed by atoms with Gasteiger partial charge in [-0.2, -0.15) is 0 Å². The zero-order valence-corrected chi connectivity index (χ0v) is 52.9. The van der Waals surface area contributed by atoms with Crippen LogP contribution in [0.15, 0.2) is 344 Å². The first-order chi connectivity index (χ1) is 47.5. The molecule has 2 aromatic heterocycles. The molecular formula is C92H56N2OS. The number of nitrogens with zero attached hydrogens (tertiary/aromatic N) is 2. The number of thiophene rings is 1. The number of benzene rings is 18. The van der Waals surface area contributed by atoms with E-state index < -0.39 is 0 Å². The first-order valence-electron chi connectivity index (χ1n) is 32.9. The molecule has 0 bridgehead atoms. The third-order valence-electron chi connectivity index (χ3n) is 20.1. The molecule has 0 amide bonds. The fourth-order valence-corrected chi connectivity index (χ4v) is 16.6. The lowest BCUT2D eigenvalue weighted by atomic mass is 9.95. The molecule has 0 radical (unpaired) electrons. The predicted molar refractivity (Wildman–Crippen MR) is 412 cm³/mol. The van der Waals surface area contributed by atoms with Crippen LogP contribution in [0.25, 0.3) is 162 Å². The topological polar surface area (TPSA) is 19.6 Å². The molecule has 96 heavy (non-hydrogen) atoms. The Kier molecular flexibility index (Phi) is 12.2. The highest BCUT2D eigenvalue weighted by Crippen LogP contribution is 2.48. The van der Waals surface area contributed by atoms with E-state index in [1.54, 1.807) is 0 Å². The maximum Gasteiger partial charge on any atom is 0.136 e. The lowest BCUT2D eigenvalue weighted by molar-refractivity contribution is 0.669. The van der Waals surface area contributed by atoms with Crippen LogP contribution in [0, 0.1) is 0 Å². The van der Waals surface area contributed by atoms with Gasteiger partial charge in [-0.3, -0.25) is 0 Å². The quantitative estimate of drug-likeness (QED) is 0.134. The van der Waals surface area contributed by atoms with E-state index in [0.717, 1.165) is 83.9 Å². The van der Waals surface area contributed by atoms with Gasteiger partial charge in [0.25, 0.3) is 0 Å². The standard InChI is InChI=1S/C92H56N2OS/c1-2-16-61-49-64(32-29-57(61)13-1)62-17-9-19-69(52-62)93(87-26-11-24-75-79-40-35-59-14-3-5-21-73(59)77(79)44-46-81(75)87)71-39-48-89-86(55-71)83-42-37-67(54-90(83)95-89)66-34-31-58-30-33-65(50-68(58)51-66)63-18-10-20-70(53-63)94(72-38-43-85-84-23-7-8-28-91(84)96-92(85)56-72)88-27-12-25-76-80-41-36-60-15-4-6-22-74(60)78(80)45-47-82(76)88/h1-56H. The van der Waals surface area contributed by atoms with Gasteiger partial charge >= 0.3 is 0 Å². The Labute approximate surface area is 557 Å². The molecule has 0 aliphatic carbocycles. The molecule has 0 fully saturated rings. The molecule has 0 atom stereocenters. The molecule has 20 rings (SSSR count). The van der Waals surface area contributed by atoms with Gasteiger partial charge in [0.05, 0.1) is 11.4 Å². The molecule has 0 spiro atoms. The van der Waals surface area contributed by atoms with Gasteiger partial charge in [-0.05, 0) is 212 Å². The fraction of sp³-hybridized carbons (Fsp3) is 0. The van der Waals surface area contributed by atoms with Crippen molar-refractivity contribution in [2.45, 2.75) is 0 Å². The maximum absolute atomic E-state index is 6.86. The summed E-state index contributed by atoms with van der Waals surface area (Å²) in [4.78, 5) is 4.90. The average Bonchev–Trinajstić information content (AvgIpc) is 1.01. The third kappa shape index (κ3) is 8.80. The van der Waals surface area contributed by atoms with E-state index in [9.17, 15) is 0 Å². The van der Waals surface area contributed by atoms with E-state index in [4.69, 9.17) is 4.42 Å². The maximum atomic E-state index is 6.86. The Morgan fingerprint density at radius 3 is 1.22 bits per heavy atom. The Morgan fingerprint density at radius 1 is 0.188 bits per heavy atom. The molecule has 0 N–H and O–H groups in total. The molecule has 0 saturated carbocycles. The van der Waals surface area contributed by atoms with Gasteiger partial charge in [0, 0.05) is 64.5 Å². The lowest BCUT2D eigenvalue weighted by Crippen LogP contribution is -2.10. The minimum Gasteiger partial charge on any atom is -0.456 e. The summed E-state index contributed by atoms with van der Waals surface area (Å²) in [7, 11) is 0. The van der Waals surface area contributed by atoms with Crippen LogP contribution in [0.5, 0.6) is 0 Å². The highest BCUT2D eigenvalue weighted by molar-refractivity contribution is 7.25. The summed E-state index contributed by atoms with van der Waals surface area (Å²) in [6, 6.07) is 126. The van der Waals surface area contributed by atoms with Crippen molar-refractivity contribution in [3.63, 3.8) is 0 Å². The molecule has 0 saturated heterocycles. The van der Waals surface area contributed by atoms with Gasteiger partial charge in [0.1, 0.15) is 11.2 Å². The van der Waals surface area contributed by atoms with Crippen LogP contribution in [-0.2, 0) is 0 Å². The van der Waals surface area contributed by atoms with Crippen LogP contribution in [0.4, 0.5) is 34.1 Å². The largest absolute Gasteiger partial charge is 0.456 e. The number of fused-ring (bicyclic) bond motifs is 18. The predicted octanol–water partition coefficient (Wildman–Crippen LogP) is 27.1. The average molecular weight is 1240 g/mol. The van der Waals surface area contributed by atoms with Gasteiger partial charge in [0.2, 0.25) is 0 Å². The Bertz CT molecular complexity index is 6630. The van der Waals surface area contributed by atoms with Crippen LogP contribution >= 0.6 is 11.3 Å². The first kappa shape index (κ1) is 54.2.